The fourth-order valence-electron chi connectivity index (χ4n) is 9.07. The minimum atomic E-state index is 0.583. The van der Waals surface area contributed by atoms with Crippen LogP contribution in [0.2, 0.25) is 0 Å². The summed E-state index contributed by atoms with van der Waals surface area (Å²) >= 11 is 0. The Bertz CT molecular complexity index is 3560. The van der Waals surface area contributed by atoms with Crippen LogP contribution in [-0.4, -0.2) is 29.3 Å². The van der Waals surface area contributed by atoms with E-state index >= 15 is 0 Å². The van der Waals surface area contributed by atoms with Crippen LogP contribution in [0.15, 0.2) is 218 Å². The highest BCUT2D eigenvalue weighted by molar-refractivity contribution is 6.23. The SMILES string of the molecule is c1ccc(-c2nc(-c3cccc(-n4c5ccccc5c5ccccc54)c3)nc(-c3c(-c4ccccc4)c4c(-c5ccccc5)nn(-c5ccccc5)c4c4ccccc34)n2)cc1. The molecule has 0 N–H and O–H groups in total. The van der Waals surface area contributed by atoms with E-state index in [1.807, 2.05) is 30.3 Å². The first-order valence-corrected chi connectivity index (χ1v) is 20.8. The summed E-state index contributed by atoms with van der Waals surface area (Å²) in [5.74, 6) is 1.77. The zero-order valence-corrected chi connectivity index (χ0v) is 33.5. The summed E-state index contributed by atoms with van der Waals surface area (Å²) in [6.45, 7) is 0. The molecule has 0 fully saturated rings. The lowest BCUT2D eigenvalue weighted by Crippen LogP contribution is -2.03. The van der Waals surface area contributed by atoms with E-state index < -0.39 is 0 Å². The van der Waals surface area contributed by atoms with Gasteiger partial charge in [0.25, 0.3) is 0 Å². The van der Waals surface area contributed by atoms with Crippen molar-refractivity contribution in [1.29, 1.82) is 0 Å². The van der Waals surface area contributed by atoms with Crippen LogP contribution in [0.4, 0.5) is 0 Å². The zero-order chi connectivity index (χ0) is 41.0. The summed E-state index contributed by atoms with van der Waals surface area (Å²) in [5, 5.41) is 11.0. The molecule has 6 nitrogen and oxygen atoms in total. The van der Waals surface area contributed by atoms with Crippen LogP contribution in [0.1, 0.15) is 0 Å². The zero-order valence-electron chi connectivity index (χ0n) is 33.5. The normalized spacial score (nSPS) is 11.5. The molecule has 290 valence electrons. The van der Waals surface area contributed by atoms with Crippen LogP contribution in [0.3, 0.4) is 0 Å². The number of hydrogen-bond donors (Lipinski definition) is 0. The predicted molar refractivity (Wildman–Crippen MR) is 253 cm³/mol. The topological polar surface area (TPSA) is 61.4 Å². The third-order valence-electron chi connectivity index (χ3n) is 11.8. The molecule has 3 aromatic heterocycles. The van der Waals surface area contributed by atoms with Crippen LogP contribution in [0.25, 0.3) is 111 Å². The number of benzene rings is 9. The molecule has 0 saturated carbocycles. The number of rotatable bonds is 7. The highest BCUT2D eigenvalue weighted by Gasteiger charge is 2.27. The Labute approximate surface area is 357 Å². The van der Waals surface area contributed by atoms with Gasteiger partial charge in [-0.25, -0.2) is 19.6 Å². The smallest absolute Gasteiger partial charge is 0.165 e. The van der Waals surface area contributed by atoms with Crippen molar-refractivity contribution in [2.45, 2.75) is 0 Å². The van der Waals surface area contributed by atoms with Gasteiger partial charge in [-0.2, -0.15) is 5.10 Å². The first kappa shape index (κ1) is 35.5. The van der Waals surface area contributed by atoms with Crippen LogP contribution in [-0.2, 0) is 0 Å². The highest BCUT2D eigenvalue weighted by Crippen LogP contribution is 2.48. The maximum absolute atomic E-state index is 5.50. The molecule has 62 heavy (non-hydrogen) atoms. The van der Waals surface area contributed by atoms with Crippen molar-refractivity contribution in [3.05, 3.63) is 218 Å². The van der Waals surface area contributed by atoms with Gasteiger partial charge in [-0.3, -0.25) is 0 Å². The van der Waals surface area contributed by atoms with E-state index in [4.69, 9.17) is 20.1 Å². The van der Waals surface area contributed by atoms with Gasteiger partial charge in [-0.05, 0) is 47.3 Å². The molecule has 12 aromatic rings. The minimum Gasteiger partial charge on any atom is -0.309 e. The van der Waals surface area contributed by atoms with Gasteiger partial charge in [0.1, 0.15) is 5.69 Å². The van der Waals surface area contributed by atoms with Gasteiger partial charge in [-0.1, -0.05) is 182 Å². The largest absolute Gasteiger partial charge is 0.309 e. The molecule has 0 saturated heterocycles. The van der Waals surface area contributed by atoms with Crippen molar-refractivity contribution in [2.75, 3.05) is 0 Å². The fraction of sp³-hybridized carbons (Fsp3) is 0. The second-order valence-corrected chi connectivity index (χ2v) is 15.4. The Morgan fingerprint density at radius 3 is 1.44 bits per heavy atom. The van der Waals surface area contributed by atoms with Crippen molar-refractivity contribution >= 4 is 43.5 Å². The standard InChI is InChI=1S/C56H36N6/c1-5-20-37(21-6-1)49-50(45-32-13-14-33-46(45)53-51(49)52(38-22-7-2-8-23-38)60-62(53)41-27-11-4-12-28-41)56-58-54(39-24-9-3-10-25-39)57-55(59-56)40-26-19-29-42(36-40)61-47-34-17-15-30-43(47)44-31-16-18-35-48(44)61/h1-36H. The third-order valence-corrected chi connectivity index (χ3v) is 11.8. The third kappa shape index (κ3) is 5.80. The van der Waals surface area contributed by atoms with Crippen LogP contribution in [0, 0.1) is 0 Å². The van der Waals surface area contributed by atoms with Gasteiger partial charge < -0.3 is 4.57 Å². The Balaban J connectivity index is 1.19. The Hall–Kier alpha value is -8.48. The summed E-state index contributed by atoms with van der Waals surface area (Å²) in [7, 11) is 0. The lowest BCUT2D eigenvalue weighted by atomic mass is 9.88. The molecule has 0 atom stereocenters. The van der Waals surface area contributed by atoms with Crippen LogP contribution >= 0.6 is 0 Å². The van der Waals surface area contributed by atoms with E-state index in [0.29, 0.717) is 17.5 Å². The Morgan fingerprint density at radius 2 is 0.790 bits per heavy atom. The van der Waals surface area contributed by atoms with E-state index in [1.165, 1.54) is 10.8 Å². The Kier molecular flexibility index (Phi) is 8.38. The van der Waals surface area contributed by atoms with E-state index in [9.17, 15) is 0 Å². The van der Waals surface area contributed by atoms with Gasteiger partial charge in [0.2, 0.25) is 0 Å². The average Bonchev–Trinajstić information content (AvgIpc) is 3.92. The predicted octanol–water partition coefficient (Wildman–Crippen LogP) is 13.8. The van der Waals surface area contributed by atoms with Gasteiger partial charge in [0, 0.05) is 55.0 Å². The van der Waals surface area contributed by atoms with Gasteiger partial charge >= 0.3 is 0 Å². The minimum absolute atomic E-state index is 0.583. The number of nitrogens with zero attached hydrogens (tertiary/aromatic N) is 6. The van der Waals surface area contributed by atoms with Gasteiger partial charge in [-0.15, -0.1) is 0 Å². The lowest BCUT2D eigenvalue weighted by Gasteiger charge is -2.18. The molecule has 0 unspecified atom stereocenters. The average molecular weight is 793 g/mol. The van der Waals surface area contributed by atoms with Crippen molar-refractivity contribution in [2.24, 2.45) is 0 Å². The molecule has 0 aliphatic heterocycles. The molecular weight excluding hydrogens is 757 g/mol. The summed E-state index contributed by atoms with van der Waals surface area (Å²) in [5.41, 5.74) is 12.0. The molecule has 0 radical (unpaired) electrons. The maximum atomic E-state index is 5.50. The monoisotopic (exact) mass is 792 g/mol. The number of aromatic nitrogens is 6. The first-order valence-electron chi connectivity index (χ1n) is 20.8. The van der Waals surface area contributed by atoms with Crippen molar-refractivity contribution in [1.82, 2.24) is 29.3 Å². The molecule has 0 aliphatic carbocycles. The van der Waals surface area contributed by atoms with Crippen LogP contribution in [0.5, 0.6) is 0 Å². The Morgan fingerprint density at radius 1 is 0.323 bits per heavy atom. The summed E-state index contributed by atoms with van der Waals surface area (Å²) in [6.07, 6.45) is 0. The van der Waals surface area contributed by atoms with E-state index in [0.717, 1.165) is 83.2 Å². The second-order valence-electron chi connectivity index (χ2n) is 15.4. The second kappa shape index (κ2) is 14.7. The summed E-state index contributed by atoms with van der Waals surface area (Å²) < 4.78 is 4.43. The van der Waals surface area contributed by atoms with E-state index in [1.54, 1.807) is 0 Å². The quantitative estimate of drug-likeness (QED) is 0.161. The fourth-order valence-corrected chi connectivity index (χ4v) is 9.07. The summed E-state index contributed by atoms with van der Waals surface area (Å²) in [6, 6.07) is 76.0. The molecule has 3 heterocycles. The van der Waals surface area contributed by atoms with E-state index in [-0.39, 0.29) is 0 Å². The molecule has 6 heteroatoms. The number of para-hydroxylation sites is 3. The molecule has 0 aliphatic rings. The van der Waals surface area contributed by atoms with E-state index in [2.05, 4.69) is 197 Å². The lowest BCUT2D eigenvalue weighted by molar-refractivity contribution is 0.918. The van der Waals surface area contributed by atoms with Crippen molar-refractivity contribution in [3.8, 4) is 67.9 Å². The molecule has 12 rings (SSSR count). The van der Waals surface area contributed by atoms with Crippen molar-refractivity contribution in [3.63, 3.8) is 0 Å². The maximum Gasteiger partial charge on any atom is 0.165 e. The molecular formula is C56H36N6. The molecule has 0 amide bonds. The number of fused-ring (bicyclic) bond motifs is 6. The van der Waals surface area contributed by atoms with Gasteiger partial charge in [0.05, 0.1) is 22.2 Å². The summed E-state index contributed by atoms with van der Waals surface area (Å²) in [4.78, 5) is 16.2. The molecule has 9 aromatic carbocycles. The number of hydrogen-bond acceptors (Lipinski definition) is 4. The van der Waals surface area contributed by atoms with Gasteiger partial charge in [0.15, 0.2) is 17.5 Å². The highest BCUT2D eigenvalue weighted by atomic mass is 15.3. The molecule has 0 bridgehead atoms. The molecule has 0 spiro atoms. The van der Waals surface area contributed by atoms with Crippen LogP contribution < -0.4 is 0 Å². The first-order chi connectivity index (χ1) is 30.8. The van der Waals surface area contributed by atoms with Crippen molar-refractivity contribution < 1.29 is 0 Å².